The van der Waals surface area contributed by atoms with Crippen molar-refractivity contribution < 1.29 is 28.9 Å². The molecule has 3 heterocycles. The molecule has 5 rings (SSSR count). The van der Waals surface area contributed by atoms with Crippen LogP contribution >= 0.6 is 0 Å². The van der Waals surface area contributed by atoms with Crippen molar-refractivity contribution >= 4 is 24.0 Å². The predicted octanol–water partition coefficient (Wildman–Crippen LogP) is 3.97. The fourth-order valence-electron chi connectivity index (χ4n) is 4.79. The zero-order valence-corrected chi connectivity index (χ0v) is 22.8. The van der Waals surface area contributed by atoms with E-state index in [1.54, 1.807) is 47.3 Å². The van der Waals surface area contributed by atoms with Crippen LogP contribution < -0.4 is 14.2 Å². The number of fused-ring (bicyclic) bond motifs is 2. The fraction of sp³-hybridized carbons (Fsp3) is 0.323. The molecular formula is C31H33N3O6. The van der Waals surface area contributed by atoms with Crippen LogP contribution in [-0.2, 0) is 0 Å². The standard InChI is InChI=1S/C31H33N3O6/c1-20-16-34(21(2)18-35)31(37)25-13-23(10-9-22-7-5-4-6-8-22)15-32-29(25)40-28(20)17-33(3)30(36)24-11-12-26-27(14-24)39-19-38-26/h4-15,20-21,28,35H,16-19H2,1-3H3/t20-,21+,28+/m1/s1. The summed E-state index contributed by atoms with van der Waals surface area (Å²) in [5, 5.41) is 9.92. The van der Waals surface area contributed by atoms with Gasteiger partial charge in [-0.2, -0.15) is 0 Å². The minimum absolute atomic E-state index is 0.133. The summed E-state index contributed by atoms with van der Waals surface area (Å²) in [5.41, 5.74) is 2.56. The van der Waals surface area contributed by atoms with Gasteiger partial charge in [-0.3, -0.25) is 9.59 Å². The van der Waals surface area contributed by atoms with Gasteiger partial charge >= 0.3 is 0 Å². The molecule has 0 bridgehead atoms. The summed E-state index contributed by atoms with van der Waals surface area (Å²) in [6.07, 6.45) is 5.05. The number of pyridine rings is 1. The van der Waals surface area contributed by atoms with Crippen LogP contribution in [0, 0.1) is 5.92 Å². The molecule has 0 saturated carbocycles. The third kappa shape index (κ3) is 5.79. The highest BCUT2D eigenvalue weighted by atomic mass is 16.7. The van der Waals surface area contributed by atoms with E-state index in [-0.39, 0.29) is 43.6 Å². The second-order valence-electron chi connectivity index (χ2n) is 10.2. The van der Waals surface area contributed by atoms with Crippen molar-refractivity contribution in [1.29, 1.82) is 0 Å². The lowest BCUT2D eigenvalue weighted by Gasteiger charge is -2.37. The van der Waals surface area contributed by atoms with E-state index in [1.807, 2.05) is 56.3 Å². The van der Waals surface area contributed by atoms with Crippen LogP contribution in [0.4, 0.5) is 0 Å². The molecule has 1 N–H and O–H groups in total. The molecule has 9 nitrogen and oxygen atoms in total. The lowest BCUT2D eigenvalue weighted by atomic mass is 9.99. The zero-order valence-electron chi connectivity index (χ0n) is 22.8. The fourth-order valence-corrected chi connectivity index (χ4v) is 4.79. The molecule has 0 unspecified atom stereocenters. The number of rotatable bonds is 7. The highest BCUT2D eigenvalue weighted by Crippen LogP contribution is 2.33. The van der Waals surface area contributed by atoms with Crippen LogP contribution in [0.3, 0.4) is 0 Å². The van der Waals surface area contributed by atoms with Crippen molar-refractivity contribution in [3.8, 4) is 17.4 Å². The van der Waals surface area contributed by atoms with Gasteiger partial charge in [-0.05, 0) is 42.3 Å². The lowest BCUT2D eigenvalue weighted by molar-refractivity contribution is 0.0313. The number of aromatic nitrogens is 1. The number of hydrogen-bond acceptors (Lipinski definition) is 7. The Morgan fingerprint density at radius 2 is 1.88 bits per heavy atom. The van der Waals surface area contributed by atoms with Crippen molar-refractivity contribution in [2.45, 2.75) is 26.0 Å². The van der Waals surface area contributed by atoms with Gasteiger partial charge in [-0.15, -0.1) is 0 Å². The van der Waals surface area contributed by atoms with Gasteiger partial charge in [0.15, 0.2) is 11.5 Å². The van der Waals surface area contributed by atoms with Gasteiger partial charge in [0.25, 0.3) is 11.8 Å². The van der Waals surface area contributed by atoms with E-state index in [9.17, 15) is 14.7 Å². The molecule has 2 amide bonds. The molecular weight excluding hydrogens is 510 g/mol. The van der Waals surface area contributed by atoms with Gasteiger partial charge in [-0.1, -0.05) is 49.4 Å². The Bertz CT molecular complexity index is 1410. The second kappa shape index (κ2) is 11.8. The minimum atomic E-state index is -0.457. The average molecular weight is 544 g/mol. The maximum Gasteiger partial charge on any atom is 0.259 e. The van der Waals surface area contributed by atoms with Crippen molar-refractivity contribution in [1.82, 2.24) is 14.8 Å². The molecule has 0 aliphatic carbocycles. The minimum Gasteiger partial charge on any atom is -0.472 e. The van der Waals surface area contributed by atoms with E-state index in [0.29, 0.717) is 29.2 Å². The molecule has 40 heavy (non-hydrogen) atoms. The Kier molecular flexibility index (Phi) is 8.02. The highest BCUT2D eigenvalue weighted by molar-refractivity contribution is 5.97. The van der Waals surface area contributed by atoms with Gasteiger partial charge in [0, 0.05) is 31.3 Å². The molecule has 208 valence electrons. The van der Waals surface area contributed by atoms with E-state index < -0.39 is 12.1 Å². The lowest BCUT2D eigenvalue weighted by Crippen LogP contribution is -2.50. The number of aliphatic hydroxyl groups excluding tert-OH is 1. The molecule has 0 spiro atoms. The molecule has 2 aliphatic rings. The van der Waals surface area contributed by atoms with Crippen molar-refractivity contribution in [2.24, 2.45) is 5.92 Å². The van der Waals surface area contributed by atoms with Crippen molar-refractivity contribution in [2.75, 3.05) is 33.5 Å². The van der Waals surface area contributed by atoms with Crippen LogP contribution in [-0.4, -0.2) is 77.4 Å². The van der Waals surface area contributed by atoms with E-state index in [1.165, 1.54) is 0 Å². The SMILES string of the molecule is C[C@@H]1CN([C@@H](C)CO)C(=O)c2cc(C=Cc3ccccc3)cnc2O[C@H]1CN(C)C(=O)c1ccc2c(c1)OCO2. The number of likely N-dealkylation sites (N-methyl/N-ethyl adjacent to an activating group) is 1. The zero-order chi connectivity index (χ0) is 28.2. The number of amides is 2. The quantitative estimate of drug-likeness (QED) is 0.481. The predicted molar refractivity (Wildman–Crippen MR) is 150 cm³/mol. The summed E-state index contributed by atoms with van der Waals surface area (Å²) in [6.45, 7) is 4.35. The Hall–Kier alpha value is -4.37. The normalized spacial score (nSPS) is 19.0. The summed E-state index contributed by atoms with van der Waals surface area (Å²) in [4.78, 5) is 34.7. The summed E-state index contributed by atoms with van der Waals surface area (Å²) >= 11 is 0. The van der Waals surface area contributed by atoms with Crippen molar-refractivity contribution in [3.63, 3.8) is 0 Å². The van der Waals surface area contributed by atoms with Crippen LogP contribution in [0.5, 0.6) is 17.4 Å². The van der Waals surface area contributed by atoms with Crippen LogP contribution in [0.1, 0.15) is 45.7 Å². The summed E-state index contributed by atoms with van der Waals surface area (Å²) in [5.74, 6) is 0.753. The maximum absolute atomic E-state index is 13.7. The second-order valence-corrected chi connectivity index (χ2v) is 10.2. The third-order valence-corrected chi connectivity index (χ3v) is 7.23. The van der Waals surface area contributed by atoms with Gasteiger partial charge in [0.1, 0.15) is 11.7 Å². The molecule has 1 aromatic heterocycles. The summed E-state index contributed by atoms with van der Waals surface area (Å²) in [6, 6.07) is 16.3. The number of aliphatic hydroxyl groups is 1. The summed E-state index contributed by atoms with van der Waals surface area (Å²) < 4.78 is 17.1. The molecule has 2 aromatic carbocycles. The molecule has 3 atom stereocenters. The number of carbonyl (C=O) groups excluding carboxylic acids is 2. The van der Waals surface area contributed by atoms with E-state index >= 15 is 0 Å². The molecule has 3 aromatic rings. The smallest absolute Gasteiger partial charge is 0.259 e. The molecule has 0 saturated heterocycles. The topological polar surface area (TPSA) is 101 Å². The first-order chi connectivity index (χ1) is 19.3. The van der Waals surface area contributed by atoms with Crippen LogP contribution in [0.25, 0.3) is 12.2 Å². The Morgan fingerprint density at radius 1 is 1.12 bits per heavy atom. The molecule has 9 heteroatoms. The number of ether oxygens (including phenoxy) is 3. The van der Waals surface area contributed by atoms with Gasteiger partial charge < -0.3 is 29.1 Å². The first-order valence-corrected chi connectivity index (χ1v) is 13.3. The van der Waals surface area contributed by atoms with Gasteiger partial charge in [0.05, 0.1) is 19.2 Å². The largest absolute Gasteiger partial charge is 0.472 e. The average Bonchev–Trinajstić information content (AvgIpc) is 3.45. The molecule has 0 fully saturated rings. The summed E-state index contributed by atoms with van der Waals surface area (Å²) in [7, 11) is 1.72. The Morgan fingerprint density at radius 3 is 2.65 bits per heavy atom. The first-order valence-electron chi connectivity index (χ1n) is 13.3. The number of carbonyl (C=O) groups is 2. The molecule has 2 aliphatic heterocycles. The Labute approximate surface area is 233 Å². The van der Waals surface area contributed by atoms with Gasteiger partial charge in [0.2, 0.25) is 12.7 Å². The van der Waals surface area contributed by atoms with E-state index in [2.05, 4.69) is 4.98 Å². The molecule has 0 radical (unpaired) electrons. The van der Waals surface area contributed by atoms with E-state index in [0.717, 1.165) is 11.1 Å². The third-order valence-electron chi connectivity index (χ3n) is 7.23. The van der Waals surface area contributed by atoms with Gasteiger partial charge in [-0.25, -0.2) is 4.98 Å². The number of hydrogen-bond donors (Lipinski definition) is 1. The Balaban J connectivity index is 1.41. The number of benzene rings is 2. The van der Waals surface area contributed by atoms with Crippen LogP contribution in [0.2, 0.25) is 0 Å². The first kappa shape index (κ1) is 27.2. The number of nitrogens with zero attached hydrogens (tertiary/aromatic N) is 3. The van der Waals surface area contributed by atoms with E-state index in [4.69, 9.17) is 14.2 Å². The maximum atomic E-state index is 13.7. The highest BCUT2D eigenvalue weighted by Gasteiger charge is 2.35. The van der Waals surface area contributed by atoms with Crippen LogP contribution in [0.15, 0.2) is 60.8 Å². The monoisotopic (exact) mass is 543 g/mol. The van der Waals surface area contributed by atoms with Crippen molar-refractivity contribution in [3.05, 3.63) is 83.0 Å².